The molecule has 0 aromatic carbocycles. The highest BCUT2D eigenvalue weighted by Crippen LogP contribution is 2.18. The molecule has 5 N–H and O–H groups in total. The van der Waals surface area contributed by atoms with Gasteiger partial charge in [-0.15, -0.1) is 0 Å². The number of nitrogen functional groups attached to an aromatic ring is 1. The minimum absolute atomic E-state index is 0.300. The molecule has 21 heavy (non-hydrogen) atoms. The molecular formula is C12H19N7OS. The van der Waals surface area contributed by atoms with Crippen LogP contribution in [0.1, 0.15) is 25.6 Å². The minimum atomic E-state index is -0.300. The maximum atomic E-state index is 10.9. The third-order valence-corrected chi connectivity index (χ3v) is 3.61. The van der Waals surface area contributed by atoms with Gasteiger partial charge in [0, 0.05) is 24.8 Å². The van der Waals surface area contributed by atoms with Crippen LogP contribution in [0.25, 0.3) is 0 Å². The van der Waals surface area contributed by atoms with Gasteiger partial charge in [-0.3, -0.25) is 4.98 Å². The molecular weight excluding hydrogens is 290 g/mol. The van der Waals surface area contributed by atoms with E-state index in [0.29, 0.717) is 35.6 Å². The van der Waals surface area contributed by atoms with Crippen molar-refractivity contribution in [2.45, 2.75) is 31.3 Å². The molecule has 0 fully saturated rings. The van der Waals surface area contributed by atoms with Crippen molar-refractivity contribution < 1.29 is 0 Å². The molecule has 0 saturated carbocycles. The molecule has 0 aliphatic rings. The van der Waals surface area contributed by atoms with E-state index in [2.05, 4.69) is 37.4 Å². The van der Waals surface area contributed by atoms with Gasteiger partial charge in [-0.05, 0) is 6.42 Å². The number of thioether (sulfide) groups is 1. The standard InChI is InChI=1S/C12H19N7OS/c1-2-3-6-21-12-15-8(13)7-10(17-12)14-5-4-9-16-11(20)19-18-9/h7H,2-6H2,1H3,(H3,13,14,15,17)(H2,16,18,19,20). The van der Waals surface area contributed by atoms with Crippen LogP contribution in [0.5, 0.6) is 0 Å². The van der Waals surface area contributed by atoms with Crippen LogP contribution in [-0.2, 0) is 6.42 Å². The first-order chi connectivity index (χ1) is 10.2. The zero-order valence-corrected chi connectivity index (χ0v) is 12.7. The summed E-state index contributed by atoms with van der Waals surface area (Å²) in [5, 5.41) is 10.00. The number of H-pyrrole nitrogens is 2. The van der Waals surface area contributed by atoms with Crippen LogP contribution >= 0.6 is 11.8 Å². The summed E-state index contributed by atoms with van der Waals surface area (Å²) in [6.45, 7) is 2.74. The molecule has 114 valence electrons. The van der Waals surface area contributed by atoms with Gasteiger partial charge < -0.3 is 11.1 Å². The maximum Gasteiger partial charge on any atom is 0.340 e. The number of anilines is 2. The summed E-state index contributed by atoms with van der Waals surface area (Å²) in [6.07, 6.45) is 2.85. The lowest BCUT2D eigenvalue weighted by Crippen LogP contribution is -2.09. The topological polar surface area (TPSA) is 125 Å². The fourth-order valence-electron chi connectivity index (χ4n) is 1.64. The highest BCUT2D eigenvalue weighted by atomic mass is 32.2. The fraction of sp³-hybridized carbons (Fsp3) is 0.500. The molecule has 9 heteroatoms. The van der Waals surface area contributed by atoms with E-state index in [0.717, 1.165) is 18.6 Å². The number of hydrogen-bond acceptors (Lipinski definition) is 7. The van der Waals surface area contributed by atoms with Gasteiger partial charge in [0.05, 0.1) is 0 Å². The van der Waals surface area contributed by atoms with E-state index >= 15 is 0 Å². The summed E-state index contributed by atoms with van der Waals surface area (Å²) in [5.41, 5.74) is 5.48. The lowest BCUT2D eigenvalue weighted by molar-refractivity contribution is 0.879. The average molecular weight is 309 g/mol. The first-order valence-electron chi connectivity index (χ1n) is 6.82. The Morgan fingerprint density at radius 1 is 1.43 bits per heavy atom. The van der Waals surface area contributed by atoms with E-state index in [4.69, 9.17) is 5.73 Å². The zero-order valence-electron chi connectivity index (χ0n) is 11.8. The van der Waals surface area contributed by atoms with Gasteiger partial charge in [0.15, 0.2) is 5.16 Å². The lowest BCUT2D eigenvalue weighted by atomic mass is 10.4. The smallest absolute Gasteiger partial charge is 0.340 e. The normalized spacial score (nSPS) is 10.7. The van der Waals surface area contributed by atoms with E-state index in [1.54, 1.807) is 17.8 Å². The van der Waals surface area contributed by atoms with E-state index in [9.17, 15) is 4.79 Å². The molecule has 0 radical (unpaired) electrons. The van der Waals surface area contributed by atoms with Crippen molar-refractivity contribution in [1.29, 1.82) is 0 Å². The van der Waals surface area contributed by atoms with Crippen LogP contribution < -0.4 is 16.7 Å². The fourth-order valence-corrected chi connectivity index (χ4v) is 2.59. The Morgan fingerprint density at radius 2 is 2.29 bits per heavy atom. The van der Waals surface area contributed by atoms with E-state index < -0.39 is 0 Å². The molecule has 0 atom stereocenters. The molecule has 0 aliphatic carbocycles. The molecule has 0 saturated heterocycles. The molecule has 0 unspecified atom stereocenters. The summed E-state index contributed by atoms with van der Waals surface area (Å²) >= 11 is 1.60. The third-order valence-electron chi connectivity index (χ3n) is 2.67. The average Bonchev–Trinajstić information content (AvgIpc) is 2.84. The Kier molecular flexibility index (Phi) is 5.61. The van der Waals surface area contributed by atoms with E-state index in [1.165, 1.54) is 0 Å². The Hall–Kier alpha value is -2.03. The zero-order chi connectivity index (χ0) is 15.1. The van der Waals surface area contributed by atoms with Crippen LogP contribution in [0.2, 0.25) is 0 Å². The van der Waals surface area contributed by atoms with Crippen LogP contribution in [0.4, 0.5) is 11.6 Å². The van der Waals surface area contributed by atoms with Crippen molar-refractivity contribution >= 4 is 23.4 Å². The second-order valence-electron chi connectivity index (χ2n) is 4.46. The quantitative estimate of drug-likeness (QED) is 0.326. The highest BCUT2D eigenvalue weighted by molar-refractivity contribution is 7.99. The van der Waals surface area contributed by atoms with Gasteiger partial charge in [-0.2, -0.15) is 5.10 Å². The van der Waals surface area contributed by atoms with Crippen molar-refractivity contribution in [3.8, 4) is 0 Å². The van der Waals surface area contributed by atoms with Crippen molar-refractivity contribution in [1.82, 2.24) is 25.1 Å². The predicted molar refractivity (Wildman–Crippen MR) is 83.5 cm³/mol. The summed E-state index contributed by atoms with van der Waals surface area (Å²) in [4.78, 5) is 22.1. The molecule has 0 spiro atoms. The number of aromatic nitrogens is 5. The van der Waals surface area contributed by atoms with Gasteiger partial charge in [-0.25, -0.2) is 19.9 Å². The highest BCUT2D eigenvalue weighted by Gasteiger charge is 2.04. The van der Waals surface area contributed by atoms with Crippen LogP contribution in [0.15, 0.2) is 16.0 Å². The molecule has 2 rings (SSSR count). The summed E-state index contributed by atoms with van der Waals surface area (Å²) in [5.74, 6) is 2.71. The second kappa shape index (κ2) is 7.67. The Balaban J connectivity index is 1.88. The SMILES string of the molecule is CCCCSc1nc(N)cc(NCCc2n[nH]c(=O)[nH]2)n1. The Morgan fingerprint density at radius 3 is 3.00 bits per heavy atom. The number of nitrogens with one attached hydrogen (secondary N) is 3. The van der Waals surface area contributed by atoms with Crippen LogP contribution in [0.3, 0.4) is 0 Å². The monoisotopic (exact) mass is 309 g/mol. The van der Waals surface area contributed by atoms with E-state index in [-0.39, 0.29) is 5.69 Å². The van der Waals surface area contributed by atoms with Crippen molar-refractivity contribution in [2.75, 3.05) is 23.3 Å². The van der Waals surface area contributed by atoms with Crippen molar-refractivity contribution in [3.05, 3.63) is 22.4 Å². The second-order valence-corrected chi connectivity index (χ2v) is 5.53. The lowest BCUT2D eigenvalue weighted by Gasteiger charge is -2.07. The van der Waals surface area contributed by atoms with Crippen molar-refractivity contribution in [2.24, 2.45) is 0 Å². The van der Waals surface area contributed by atoms with Gasteiger partial charge in [0.25, 0.3) is 0 Å². The predicted octanol–water partition coefficient (Wildman–Crippen LogP) is 1.02. The minimum Gasteiger partial charge on any atom is -0.383 e. The Bertz CT molecular complexity index is 624. The number of aromatic amines is 2. The molecule has 0 bridgehead atoms. The maximum absolute atomic E-state index is 10.9. The molecule has 2 aromatic rings. The first-order valence-corrected chi connectivity index (χ1v) is 7.80. The van der Waals surface area contributed by atoms with Crippen molar-refractivity contribution in [3.63, 3.8) is 0 Å². The molecule has 0 aliphatic heterocycles. The molecule has 2 heterocycles. The number of nitrogens with two attached hydrogens (primary N) is 1. The largest absolute Gasteiger partial charge is 0.383 e. The number of hydrogen-bond donors (Lipinski definition) is 4. The number of unbranched alkanes of at least 4 members (excludes halogenated alkanes) is 1. The number of rotatable bonds is 8. The Labute approximate surface area is 126 Å². The van der Waals surface area contributed by atoms with Crippen LogP contribution in [0, 0.1) is 0 Å². The summed E-state index contributed by atoms with van der Waals surface area (Å²) < 4.78 is 0. The van der Waals surface area contributed by atoms with E-state index in [1.807, 2.05) is 0 Å². The van der Waals surface area contributed by atoms with Gasteiger partial charge in [0.2, 0.25) is 0 Å². The van der Waals surface area contributed by atoms with Gasteiger partial charge in [-0.1, -0.05) is 25.1 Å². The first kappa shape index (κ1) is 15.4. The van der Waals surface area contributed by atoms with Gasteiger partial charge >= 0.3 is 5.69 Å². The van der Waals surface area contributed by atoms with Gasteiger partial charge in [0.1, 0.15) is 17.5 Å². The van der Waals surface area contributed by atoms with Crippen LogP contribution in [-0.4, -0.2) is 37.4 Å². The molecule has 2 aromatic heterocycles. The number of nitrogens with zero attached hydrogens (tertiary/aromatic N) is 3. The molecule has 8 nitrogen and oxygen atoms in total. The molecule has 0 amide bonds. The summed E-state index contributed by atoms with van der Waals surface area (Å²) in [6, 6.07) is 1.69. The summed E-state index contributed by atoms with van der Waals surface area (Å²) in [7, 11) is 0. The third kappa shape index (κ3) is 5.10.